The Hall–Kier alpha value is -2.98. The minimum absolute atomic E-state index is 0.0943. The van der Waals surface area contributed by atoms with Gasteiger partial charge < -0.3 is 5.73 Å². The van der Waals surface area contributed by atoms with Crippen LogP contribution in [0.1, 0.15) is 25.3 Å². The molecule has 0 aliphatic carbocycles. The summed E-state index contributed by atoms with van der Waals surface area (Å²) in [7, 11) is -3.74. The zero-order chi connectivity index (χ0) is 20.3. The third-order valence-electron chi connectivity index (χ3n) is 4.52. The monoisotopic (exact) mass is 403 g/mol. The normalized spacial score (nSPS) is 15.5. The molecule has 2 aromatic rings. The van der Waals surface area contributed by atoms with E-state index in [1.54, 1.807) is 25.1 Å². The number of nitro groups is 1. The number of benzene rings is 2. The molecule has 0 atom stereocenters. The van der Waals surface area contributed by atoms with Gasteiger partial charge in [-0.3, -0.25) is 15.5 Å². The van der Waals surface area contributed by atoms with E-state index >= 15 is 0 Å². The maximum atomic E-state index is 12.6. The third kappa shape index (κ3) is 4.12. The number of nitrogens with one attached hydrogen (secondary N) is 1. The van der Waals surface area contributed by atoms with Gasteiger partial charge in [0.1, 0.15) is 5.69 Å². The molecule has 28 heavy (non-hydrogen) atoms. The number of hydrogen-bond donors (Lipinski definition) is 2. The van der Waals surface area contributed by atoms with Crippen LogP contribution in [0.25, 0.3) is 0 Å². The van der Waals surface area contributed by atoms with Gasteiger partial charge in [0.2, 0.25) is 10.0 Å². The average molecular weight is 403 g/mol. The first-order chi connectivity index (χ1) is 13.3. The zero-order valence-electron chi connectivity index (χ0n) is 15.3. The van der Waals surface area contributed by atoms with Crippen LogP contribution in [0.2, 0.25) is 0 Å². The maximum absolute atomic E-state index is 12.6. The molecule has 0 unspecified atom stereocenters. The van der Waals surface area contributed by atoms with Crippen molar-refractivity contribution in [3.05, 3.63) is 58.1 Å². The summed E-state index contributed by atoms with van der Waals surface area (Å²) in [4.78, 5) is 10.8. The second kappa shape index (κ2) is 7.95. The summed E-state index contributed by atoms with van der Waals surface area (Å²) in [5, 5.41) is 15.6. The molecule has 10 heteroatoms. The zero-order valence-corrected chi connectivity index (χ0v) is 16.1. The molecule has 2 aromatic carbocycles. The highest BCUT2D eigenvalue weighted by molar-refractivity contribution is 7.89. The Morgan fingerprint density at radius 2 is 1.93 bits per heavy atom. The van der Waals surface area contributed by atoms with Crippen LogP contribution in [-0.2, 0) is 10.0 Å². The first kappa shape index (κ1) is 19.8. The summed E-state index contributed by atoms with van der Waals surface area (Å²) in [5.74, 6) is 0. The van der Waals surface area contributed by atoms with Crippen molar-refractivity contribution in [2.24, 2.45) is 5.10 Å². The minimum Gasteiger partial charge on any atom is -0.399 e. The van der Waals surface area contributed by atoms with Crippen molar-refractivity contribution >= 4 is 32.8 Å². The van der Waals surface area contributed by atoms with Gasteiger partial charge in [-0.25, -0.2) is 8.42 Å². The summed E-state index contributed by atoms with van der Waals surface area (Å²) < 4.78 is 26.6. The van der Waals surface area contributed by atoms with Crippen LogP contribution in [0.4, 0.5) is 17.1 Å². The Morgan fingerprint density at radius 3 is 2.57 bits per heavy atom. The van der Waals surface area contributed by atoms with Crippen molar-refractivity contribution in [3.63, 3.8) is 0 Å². The van der Waals surface area contributed by atoms with E-state index in [4.69, 9.17) is 5.73 Å². The van der Waals surface area contributed by atoms with E-state index in [0.29, 0.717) is 24.5 Å². The van der Waals surface area contributed by atoms with Crippen molar-refractivity contribution in [3.8, 4) is 0 Å². The fourth-order valence-electron chi connectivity index (χ4n) is 2.97. The summed E-state index contributed by atoms with van der Waals surface area (Å²) >= 11 is 0. The molecule has 0 amide bonds. The van der Waals surface area contributed by atoms with Gasteiger partial charge in [0.05, 0.1) is 15.5 Å². The van der Waals surface area contributed by atoms with E-state index < -0.39 is 14.9 Å². The Balaban J connectivity index is 1.89. The Labute approximate surface area is 163 Å². The van der Waals surface area contributed by atoms with Crippen LogP contribution < -0.4 is 11.2 Å². The summed E-state index contributed by atoms with van der Waals surface area (Å²) in [6, 6.07) is 10.9. The molecule has 1 fully saturated rings. The van der Waals surface area contributed by atoms with Crippen molar-refractivity contribution < 1.29 is 13.3 Å². The molecule has 0 bridgehead atoms. The van der Waals surface area contributed by atoms with E-state index in [-0.39, 0.29) is 16.3 Å². The molecule has 0 radical (unpaired) electrons. The van der Waals surface area contributed by atoms with Gasteiger partial charge in [0, 0.05) is 24.8 Å². The minimum atomic E-state index is -3.74. The van der Waals surface area contributed by atoms with E-state index in [0.717, 1.165) is 24.5 Å². The Kier molecular flexibility index (Phi) is 5.61. The molecule has 1 aliphatic rings. The number of anilines is 2. The highest BCUT2D eigenvalue weighted by Crippen LogP contribution is 2.30. The lowest BCUT2D eigenvalue weighted by molar-refractivity contribution is -0.384. The number of sulfonamides is 1. The molecule has 3 N–H and O–H groups in total. The summed E-state index contributed by atoms with van der Waals surface area (Å²) in [6.45, 7) is 2.60. The van der Waals surface area contributed by atoms with Crippen molar-refractivity contribution in [1.82, 2.24) is 4.31 Å². The number of nitrogen functional groups attached to an aromatic ring is 1. The topological polar surface area (TPSA) is 131 Å². The smallest absolute Gasteiger partial charge is 0.295 e. The van der Waals surface area contributed by atoms with Gasteiger partial charge in [-0.05, 0) is 49.6 Å². The Bertz CT molecular complexity index is 1030. The van der Waals surface area contributed by atoms with Crippen LogP contribution in [-0.4, -0.2) is 36.4 Å². The first-order valence-electron chi connectivity index (χ1n) is 8.74. The molecule has 1 heterocycles. The number of hydrogen-bond acceptors (Lipinski definition) is 7. The van der Waals surface area contributed by atoms with Gasteiger partial charge in [-0.2, -0.15) is 9.41 Å². The highest BCUT2D eigenvalue weighted by Gasteiger charge is 2.29. The van der Waals surface area contributed by atoms with Gasteiger partial charge in [-0.15, -0.1) is 0 Å². The van der Waals surface area contributed by atoms with Gasteiger partial charge in [-0.1, -0.05) is 12.1 Å². The van der Waals surface area contributed by atoms with E-state index in [1.807, 2.05) is 6.07 Å². The average Bonchev–Trinajstić information content (AvgIpc) is 3.21. The standard InChI is InChI=1S/C18H21N5O4S/c1-13(14-5-4-6-15(19)11-14)20-21-17-8-7-16(12-18(17)23(24)25)28(26,27)22-9-2-3-10-22/h4-8,11-12,21H,2-3,9-10,19H2,1H3/b20-13+. The lowest BCUT2D eigenvalue weighted by atomic mass is 10.1. The molecule has 1 saturated heterocycles. The quantitative estimate of drug-likeness (QED) is 0.330. The van der Waals surface area contributed by atoms with Crippen LogP contribution in [0.3, 0.4) is 0 Å². The van der Waals surface area contributed by atoms with Gasteiger partial charge >= 0.3 is 0 Å². The molecule has 0 aromatic heterocycles. The number of nitrogens with two attached hydrogens (primary N) is 1. The molecule has 148 valence electrons. The van der Waals surface area contributed by atoms with Crippen LogP contribution in [0.15, 0.2) is 52.5 Å². The summed E-state index contributed by atoms with van der Waals surface area (Å²) in [5.41, 5.74) is 10.1. The van der Waals surface area contributed by atoms with Crippen LogP contribution in [0, 0.1) is 10.1 Å². The Morgan fingerprint density at radius 1 is 1.21 bits per heavy atom. The third-order valence-corrected chi connectivity index (χ3v) is 6.41. The highest BCUT2D eigenvalue weighted by atomic mass is 32.2. The van der Waals surface area contributed by atoms with Gasteiger partial charge in [0.25, 0.3) is 5.69 Å². The number of rotatable bonds is 6. The molecular formula is C18H21N5O4S. The molecule has 9 nitrogen and oxygen atoms in total. The number of nitrogens with zero attached hydrogens (tertiary/aromatic N) is 3. The predicted octanol–water partition coefficient (Wildman–Crippen LogP) is 2.80. The second-order valence-corrected chi connectivity index (χ2v) is 8.42. The van der Waals surface area contributed by atoms with Crippen LogP contribution in [0.5, 0.6) is 0 Å². The van der Waals surface area contributed by atoms with Crippen molar-refractivity contribution in [1.29, 1.82) is 0 Å². The summed E-state index contributed by atoms with van der Waals surface area (Å²) in [6.07, 6.45) is 1.58. The predicted molar refractivity (Wildman–Crippen MR) is 108 cm³/mol. The number of nitro benzene ring substituents is 1. The van der Waals surface area contributed by atoms with Crippen molar-refractivity contribution in [2.45, 2.75) is 24.7 Å². The van der Waals surface area contributed by atoms with E-state index in [1.165, 1.54) is 16.4 Å². The first-order valence-corrected chi connectivity index (χ1v) is 10.2. The molecule has 0 spiro atoms. The van der Waals surface area contributed by atoms with E-state index in [2.05, 4.69) is 10.5 Å². The molecule has 1 aliphatic heterocycles. The van der Waals surface area contributed by atoms with Gasteiger partial charge in [0.15, 0.2) is 0 Å². The fourth-order valence-corrected chi connectivity index (χ4v) is 4.51. The molecule has 0 saturated carbocycles. The lowest BCUT2D eigenvalue weighted by Gasteiger charge is -2.15. The van der Waals surface area contributed by atoms with Crippen LogP contribution >= 0.6 is 0 Å². The fraction of sp³-hybridized carbons (Fsp3) is 0.278. The number of hydrazone groups is 1. The van der Waals surface area contributed by atoms with E-state index in [9.17, 15) is 18.5 Å². The maximum Gasteiger partial charge on any atom is 0.295 e. The van der Waals surface area contributed by atoms with Crippen molar-refractivity contribution in [2.75, 3.05) is 24.2 Å². The molecular weight excluding hydrogens is 382 g/mol. The second-order valence-electron chi connectivity index (χ2n) is 6.48. The largest absolute Gasteiger partial charge is 0.399 e. The molecule has 3 rings (SSSR count). The lowest BCUT2D eigenvalue weighted by Crippen LogP contribution is -2.27. The SMILES string of the molecule is C/C(=N\Nc1ccc(S(=O)(=O)N2CCCC2)cc1[N+](=O)[O-])c1cccc(N)c1.